The molecule has 0 saturated heterocycles. The van der Waals surface area contributed by atoms with Crippen LogP contribution in [0.4, 0.5) is 0 Å². The molecule has 136 valence electrons. The highest BCUT2D eigenvalue weighted by molar-refractivity contribution is 5.92. The van der Waals surface area contributed by atoms with Crippen LogP contribution < -0.4 is 14.8 Å². The number of ether oxygens (including phenoxy) is 3. The summed E-state index contributed by atoms with van der Waals surface area (Å²) in [5.41, 5.74) is 1.67. The lowest BCUT2D eigenvalue weighted by molar-refractivity contribution is -0.129. The number of aromatic hydroxyl groups is 1. The molecule has 1 amide bonds. The second kappa shape index (κ2) is 7.35. The quantitative estimate of drug-likeness (QED) is 0.798. The van der Waals surface area contributed by atoms with Crippen LogP contribution in [0.1, 0.15) is 28.4 Å². The Bertz CT molecular complexity index is 848. The summed E-state index contributed by atoms with van der Waals surface area (Å²) in [6.07, 6.45) is -0.972. The zero-order valence-corrected chi connectivity index (χ0v) is 14.4. The van der Waals surface area contributed by atoms with E-state index in [1.807, 2.05) is 6.07 Å². The molecule has 1 heterocycles. The van der Waals surface area contributed by atoms with Crippen LogP contribution in [0, 0.1) is 6.92 Å². The molecule has 0 aromatic heterocycles. The minimum atomic E-state index is -0.972. The first kappa shape index (κ1) is 17.6. The number of carbonyl (C=O) groups is 2. The Morgan fingerprint density at radius 3 is 2.73 bits per heavy atom. The predicted octanol–water partition coefficient (Wildman–Crippen LogP) is 2.29. The molecule has 26 heavy (non-hydrogen) atoms. The number of fused-ring (bicyclic) bond motifs is 1. The van der Waals surface area contributed by atoms with Gasteiger partial charge in [0.2, 0.25) is 6.79 Å². The van der Waals surface area contributed by atoms with Crippen molar-refractivity contribution in [3.05, 3.63) is 53.1 Å². The third kappa shape index (κ3) is 3.88. The van der Waals surface area contributed by atoms with Gasteiger partial charge in [0.1, 0.15) is 5.75 Å². The lowest BCUT2D eigenvalue weighted by atomic mass is 10.1. The Morgan fingerprint density at radius 1 is 1.19 bits per heavy atom. The number of benzene rings is 2. The maximum atomic E-state index is 12.1. The molecular formula is C19H19NO6. The fraction of sp³-hybridized carbons (Fsp3) is 0.263. The van der Waals surface area contributed by atoms with Crippen molar-refractivity contribution in [1.82, 2.24) is 5.32 Å². The minimum absolute atomic E-state index is 0.000590. The Labute approximate surface area is 150 Å². The zero-order valence-electron chi connectivity index (χ0n) is 14.4. The van der Waals surface area contributed by atoms with Crippen LogP contribution in [0.2, 0.25) is 0 Å². The maximum absolute atomic E-state index is 12.1. The molecule has 1 aliphatic rings. The van der Waals surface area contributed by atoms with Crippen molar-refractivity contribution in [3.63, 3.8) is 0 Å². The molecule has 2 aromatic rings. The molecular weight excluding hydrogens is 338 g/mol. The zero-order chi connectivity index (χ0) is 18.7. The summed E-state index contributed by atoms with van der Waals surface area (Å²) < 4.78 is 15.7. The predicted molar refractivity (Wildman–Crippen MR) is 92.1 cm³/mol. The van der Waals surface area contributed by atoms with Crippen LogP contribution in [0.3, 0.4) is 0 Å². The number of phenols is 1. The summed E-state index contributed by atoms with van der Waals surface area (Å²) in [6.45, 7) is 3.66. The fourth-order valence-electron chi connectivity index (χ4n) is 2.40. The fourth-order valence-corrected chi connectivity index (χ4v) is 2.40. The summed E-state index contributed by atoms with van der Waals surface area (Å²) in [5, 5.41) is 12.4. The van der Waals surface area contributed by atoms with E-state index >= 15 is 0 Å². The van der Waals surface area contributed by atoms with E-state index in [-0.39, 0.29) is 24.7 Å². The smallest absolute Gasteiger partial charge is 0.339 e. The van der Waals surface area contributed by atoms with Crippen LogP contribution in [0.15, 0.2) is 36.4 Å². The van der Waals surface area contributed by atoms with Crippen LogP contribution >= 0.6 is 0 Å². The summed E-state index contributed by atoms with van der Waals surface area (Å²) in [5.74, 6) is 0.205. The van der Waals surface area contributed by atoms with Gasteiger partial charge >= 0.3 is 5.97 Å². The van der Waals surface area contributed by atoms with Crippen LogP contribution in [0.25, 0.3) is 0 Å². The lowest BCUT2D eigenvalue weighted by Gasteiger charge is -2.14. The molecule has 0 saturated carbocycles. The number of esters is 1. The molecule has 0 aliphatic carbocycles. The first-order chi connectivity index (χ1) is 12.4. The van der Waals surface area contributed by atoms with E-state index in [0.717, 1.165) is 5.56 Å². The number of phenolic OH excluding ortho intramolecular Hbond substituents is 1. The molecule has 1 unspecified atom stereocenters. The number of amides is 1. The van der Waals surface area contributed by atoms with Crippen molar-refractivity contribution >= 4 is 11.9 Å². The molecule has 0 radical (unpaired) electrons. The number of carbonyl (C=O) groups excluding carboxylic acids is 2. The highest BCUT2D eigenvalue weighted by Crippen LogP contribution is 2.32. The van der Waals surface area contributed by atoms with E-state index in [2.05, 4.69) is 5.32 Å². The van der Waals surface area contributed by atoms with Crippen LogP contribution in [-0.4, -0.2) is 29.9 Å². The van der Waals surface area contributed by atoms with Crippen LogP contribution in [0.5, 0.6) is 17.2 Å². The molecule has 2 N–H and O–H groups in total. The van der Waals surface area contributed by atoms with Gasteiger partial charge in [0, 0.05) is 6.54 Å². The second-order valence-electron chi connectivity index (χ2n) is 5.95. The van der Waals surface area contributed by atoms with E-state index in [4.69, 9.17) is 14.2 Å². The molecule has 2 aromatic carbocycles. The van der Waals surface area contributed by atoms with Crippen molar-refractivity contribution < 1.29 is 28.9 Å². The highest BCUT2D eigenvalue weighted by atomic mass is 16.7. The van der Waals surface area contributed by atoms with E-state index in [1.165, 1.54) is 19.1 Å². The highest BCUT2D eigenvalue weighted by Gasteiger charge is 2.20. The van der Waals surface area contributed by atoms with Crippen molar-refractivity contribution in [1.29, 1.82) is 0 Å². The molecule has 1 atom stereocenters. The van der Waals surface area contributed by atoms with Gasteiger partial charge in [0.15, 0.2) is 17.6 Å². The van der Waals surface area contributed by atoms with Crippen molar-refractivity contribution in [2.75, 3.05) is 6.79 Å². The molecule has 7 nitrogen and oxygen atoms in total. The first-order valence-corrected chi connectivity index (χ1v) is 8.11. The van der Waals surface area contributed by atoms with Crippen molar-refractivity contribution in [2.45, 2.75) is 26.5 Å². The summed E-state index contributed by atoms with van der Waals surface area (Å²) >= 11 is 0. The van der Waals surface area contributed by atoms with Gasteiger partial charge in [-0.2, -0.15) is 0 Å². The Balaban J connectivity index is 1.54. The molecule has 7 heteroatoms. The second-order valence-corrected chi connectivity index (χ2v) is 5.95. The number of hydrogen-bond donors (Lipinski definition) is 2. The van der Waals surface area contributed by atoms with Crippen molar-refractivity contribution in [3.8, 4) is 17.2 Å². The Hall–Kier alpha value is -3.22. The lowest BCUT2D eigenvalue weighted by Crippen LogP contribution is -2.35. The Kier molecular flexibility index (Phi) is 4.97. The maximum Gasteiger partial charge on any atom is 0.339 e. The summed E-state index contributed by atoms with van der Waals surface area (Å²) in [6, 6.07) is 9.84. The summed E-state index contributed by atoms with van der Waals surface area (Å²) in [4.78, 5) is 24.2. The number of hydrogen-bond acceptors (Lipinski definition) is 6. The van der Waals surface area contributed by atoms with Gasteiger partial charge in [-0.3, -0.25) is 4.79 Å². The van der Waals surface area contributed by atoms with Gasteiger partial charge < -0.3 is 24.6 Å². The average molecular weight is 357 g/mol. The standard InChI is InChI=1S/C19H19NO6/c1-11-3-5-14(8-15(11)21)19(23)26-12(2)18(22)20-9-13-4-6-16-17(7-13)25-10-24-16/h3-8,12,21H,9-10H2,1-2H3,(H,20,22). The third-order valence-corrected chi connectivity index (χ3v) is 4.00. The van der Waals surface area contributed by atoms with E-state index < -0.39 is 18.0 Å². The Morgan fingerprint density at radius 2 is 1.96 bits per heavy atom. The van der Waals surface area contributed by atoms with Gasteiger partial charge in [0.05, 0.1) is 5.56 Å². The van der Waals surface area contributed by atoms with Crippen molar-refractivity contribution in [2.24, 2.45) is 0 Å². The molecule has 3 rings (SSSR count). The van der Waals surface area contributed by atoms with Gasteiger partial charge in [-0.1, -0.05) is 12.1 Å². The van der Waals surface area contributed by atoms with Gasteiger partial charge in [-0.05, 0) is 49.2 Å². The van der Waals surface area contributed by atoms with Crippen LogP contribution in [-0.2, 0) is 16.1 Å². The largest absolute Gasteiger partial charge is 0.508 e. The number of rotatable bonds is 5. The monoisotopic (exact) mass is 357 g/mol. The van der Waals surface area contributed by atoms with E-state index in [0.29, 0.717) is 17.1 Å². The van der Waals surface area contributed by atoms with Gasteiger partial charge in [0.25, 0.3) is 5.91 Å². The molecule has 0 spiro atoms. The minimum Gasteiger partial charge on any atom is -0.508 e. The van der Waals surface area contributed by atoms with Gasteiger partial charge in [-0.25, -0.2) is 4.79 Å². The summed E-state index contributed by atoms with van der Waals surface area (Å²) in [7, 11) is 0. The van der Waals surface area contributed by atoms with E-state index in [1.54, 1.807) is 25.1 Å². The molecule has 0 bridgehead atoms. The third-order valence-electron chi connectivity index (χ3n) is 4.00. The topological polar surface area (TPSA) is 94.1 Å². The SMILES string of the molecule is Cc1ccc(C(=O)OC(C)C(=O)NCc2ccc3c(c2)OCO3)cc1O. The normalized spacial score (nSPS) is 13.2. The first-order valence-electron chi connectivity index (χ1n) is 8.11. The molecule has 1 aliphatic heterocycles. The van der Waals surface area contributed by atoms with Gasteiger partial charge in [-0.15, -0.1) is 0 Å². The average Bonchev–Trinajstić information content (AvgIpc) is 3.09. The number of nitrogens with one attached hydrogen (secondary N) is 1. The molecule has 0 fully saturated rings. The number of aryl methyl sites for hydroxylation is 1. The van der Waals surface area contributed by atoms with E-state index in [9.17, 15) is 14.7 Å².